The fraction of sp³-hybridized carbons (Fsp3) is 0.600. The molecule has 1 atom stereocenters. The number of dihydropyridines is 1. The zero-order valence-corrected chi connectivity index (χ0v) is 7.96. The molecule has 0 aliphatic carbocycles. The van der Waals surface area contributed by atoms with Crippen LogP contribution in [0.5, 0.6) is 0 Å². The molecule has 1 nitrogen and oxygen atoms in total. The van der Waals surface area contributed by atoms with Crippen LogP contribution in [0.1, 0.15) is 27.7 Å². The molecule has 64 valence electrons. The van der Waals surface area contributed by atoms with Crippen molar-refractivity contribution >= 4 is 0 Å². The maximum Gasteiger partial charge on any atom is 0.0464 e. The van der Waals surface area contributed by atoms with Gasteiger partial charge in [-0.1, -0.05) is 39.8 Å². The number of rotatable bonds is 1. The van der Waals surface area contributed by atoms with Gasteiger partial charge in [0.1, 0.15) is 0 Å². The van der Waals surface area contributed by atoms with Gasteiger partial charge < -0.3 is 5.32 Å². The summed E-state index contributed by atoms with van der Waals surface area (Å²) >= 11 is 0. The van der Waals surface area contributed by atoms with Crippen LogP contribution in [0.3, 0.4) is 0 Å². The second-order valence-corrected chi connectivity index (χ2v) is 2.68. The van der Waals surface area contributed by atoms with Gasteiger partial charge >= 0.3 is 0 Å². The molecule has 0 radical (unpaired) electrons. The van der Waals surface area contributed by atoms with Crippen molar-refractivity contribution in [3.05, 3.63) is 24.4 Å². The predicted molar refractivity (Wildman–Crippen MR) is 51.4 cm³/mol. The number of nitrogens with one attached hydrogen (secondary N) is 1. The van der Waals surface area contributed by atoms with E-state index in [9.17, 15) is 0 Å². The fourth-order valence-corrected chi connectivity index (χ4v) is 0.876. The first-order chi connectivity index (χ1) is 5.30. The molecule has 11 heavy (non-hydrogen) atoms. The standard InChI is InChI=1S/C8H13N.C2H6/c1-7(2)8-5-3-4-6-9-8;1-2/h3-9H,1-2H3;1-2H3. The molecule has 0 spiro atoms. The van der Waals surface area contributed by atoms with Crippen molar-refractivity contribution in [3.8, 4) is 0 Å². The minimum absolute atomic E-state index is 0.537. The van der Waals surface area contributed by atoms with E-state index in [1.54, 1.807) is 0 Å². The Labute approximate surface area is 70.2 Å². The average molecular weight is 153 g/mol. The molecule has 0 aromatic carbocycles. The summed E-state index contributed by atoms with van der Waals surface area (Å²) in [6, 6.07) is 0.537. The van der Waals surface area contributed by atoms with Gasteiger partial charge in [0, 0.05) is 6.04 Å². The first kappa shape index (κ1) is 10.3. The Hall–Kier alpha value is -0.720. The van der Waals surface area contributed by atoms with E-state index in [0.29, 0.717) is 12.0 Å². The van der Waals surface area contributed by atoms with Crippen molar-refractivity contribution in [2.24, 2.45) is 5.92 Å². The summed E-state index contributed by atoms with van der Waals surface area (Å²) in [5, 5.41) is 3.25. The summed E-state index contributed by atoms with van der Waals surface area (Å²) in [5.41, 5.74) is 0. The van der Waals surface area contributed by atoms with E-state index in [1.165, 1.54) is 0 Å². The monoisotopic (exact) mass is 153 g/mol. The van der Waals surface area contributed by atoms with Crippen molar-refractivity contribution in [2.75, 3.05) is 0 Å². The zero-order valence-electron chi connectivity index (χ0n) is 7.96. The van der Waals surface area contributed by atoms with Crippen LogP contribution in [0.4, 0.5) is 0 Å². The molecule has 1 rings (SSSR count). The van der Waals surface area contributed by atoms with E-state index in [0.717, 1.165) is 0 Å². The predicted octanol–water partition coefficient (Wildman–Crippen LogP) is 2.71. The molecule has 1 heterocycles. The number of hydrogen-bond acceptors (Lipinski definition) is 1. The molecule has 1 heteroatoms. The molecule has 1 aliphatic rings. The lowest BCUT2D eigenvalue weighted by Gasteiger charge is -2.18. The smallest absolute Gasteiger partial charge is 0.0464 e. The Morgan fingerprint density at radius 3 is 2.09 bits per heavy atom. The maximum atomic E-state index is 3.25. The van der Waals surface area contributed by atoms with Gasteiger partial charge in [0.2, 0.25) is 0 Å². The second-order valence-electron chi connectivity index (χ2n) is 2.68. The molecule has 0 aromatic heterocycles. The zero-order chi connectivity index (χ0) is 8.69. The van der Waals surface area contributed by atoms with Gasteiger partial charge in [-0.3, -0.25) is 0 Å². The SMILES string of the molecule is CC.CC(C)C1C=CC=CN1. The summed E-state index contributed by atoms with van der Waals surface area (Å²) in [6.07, 6.45) is 8.27. The lowest BCUT2D eigenvalue weighted by Crippen LogP contribution is -2.28. The van der Waals surface area contributed by atoms with Gasteiger partial charge in [0.15, 0.2) is 0 Å². The molecule has 1 N–H and O–H groups in total. The molecule has 0 saturated heterocycles. The Morgan fingerprint density at radius 1 is 1.18 bits per heavy atom. The van der Waals surface area contributed by atoms with Gasteiger partial charge in [-0.2, -0.15) is 0 Å². The maximum absolute atomic E-state index is 3.25. The van der Waals surface area contributed by atoms with Crippen molar-refractivity contribution < 1.29 is 0 Å². The lowest BCUT2D eigenvalue weighted by molar-refractivity contribution is 0.511. The third-order valence-electron chi connectivity index (χ3n) is 1.53. The quantitative estimate of drug-likeness (QED) is 0.610. The van der Waals surface area contributed by atoms with E-state index < -0.39 is 0 Å². The van der Waals surface area contributed by atoms with Crippen LogP contribution in [0.15, 0.2) is 24.4 Å². The molecule has 0 bridgehead atoms. The van der Waals surface area contributed by atoms with Crippen molar-refractivity contribution in [2.45, 2.75) is 33.7 Å². The topological polar surface area (TPSA) is 12.0 Å². The minimum Gasteiger partial charge on any atom is -0.384 e. The van der Waals surface area contributed by atoms with Crippen molar-refractivity contribution in [3.63, 3.8) is 0 Å². The highest BCUT2D eigenvalue weighted by molar-refractivity contribution is 5.12. The van der Waals surface area contributed by atoms with E-state index >= 15 is 0 Å². The fourth-order valence-electron chi connectivity index (χ4n) is 0.876. The molecular formula is C10H19N. The van der Waals surface area contributed by atoms with Gasteiger partial charge in [0.05, 0.1) is 0 Å². The molecule has 0 saturated carbocycles. The second kappa shape index (κ2) is 6.02. The molecule has 1 aliphatic heterocycles. The van der Waals surface area contributed by atoms with Gasteiger partial charge in [0.25, 0.3) is 0 Å². The summed E-state index contributed by atoms with van der Waals surface area (Å²) in [5.74, 6) is 0.686. The lowest BCUT2D eigenvalue weighted by atomic mass is 10.0. The molecule has 1 unspecified atom stereocenters. The molecule has 0 amide bonds. The van der Waals surface area contributed by atoms with Crippen LogP contribution >= 0.6 is 0 Å². The highest BCUT2D eigenvalue weighted by Crippen LogP contribution is 2.05. The minimum atomic E-state index is 0.537. The summed E-state index contributed by atoms with van der Waals surface area (Å²) in [4.78, 5) is 0. The summed E-state index contributed by atoms with van der Waals surface area (Å²) < 4.78 is 0. The van der Waals surface area contributed by atoms with Crippen LogP contribution in [-0.2, 0) is 0 Å². The van der Waals surface area contributed by atoms with Crippen LogP contribution in [0.2, 0.25) is 0 Å². The Morgan fingerprint density at radius 2 is 1.82 bits per heavy atom. The first-order valence-electron chi connectivity index (χ1n) is 4.40. The third-order valence-corrected chi connectivity index (χ3v) is 1.53. The first-order valence-corrected chi connectivity index (χ1v) is 4.40. The number of hydrogen-bond donors (Lipinski definition) is 1. The molecule has 0 aromatic rings. The van der Waals surface area contributed by atoms with E-state index in [4.69, 9.17) is 0 Å². The average Bonchev–Trinajstić information content (AvgIpc) is 2.10. The van der Waals surface area contributed by atoms with E-state index in [-0.39, 0.29) is 0 Å². The largest absolute Gasteiger partial charge is 0.384 e. The van der Waals surface area contributed by atoms with Crippen molar-refractivity contribution in [1.29, 1.82) is 0 Å². The Bertz CT molecular complexity index is 134. The van der Waals surface area contributed by atoms with E-state index in [1.807, 2.05) is 26.1 Å². The number of allylic oxidation sites excluding steroid dienone is 2. The van der Waals surface area contributed by atoms with Crippen LogP contribution in [0.25, 0.3) is 0 Å². The molecular weight excluding hydrogens is 134 g/mol. The van der Waals surface area contributed by atoms with E-state index in [2.05, 4.69) is 31.3 Å². The van der Waals surface area contributed by atoms with Gasteiger partial charge in [-0.15, -0.1) is 0 Å². The van der Waals surface area contributed by atoms with Gasteiger partial charge in [-0.25, -0.2) is 0 Å². The van der Waals surface area contributed by atoms with Crippen molar-refractivity contribution in [1.82, 2.24) is 5.32 Å². The molecule has 0 fully saturated rings. The highest BCUT2D eigenvalue weighted by atomic mass is 14.9. The van der Waals surface area contributed by atoms with Crippen LogP contribution in [-0.4, -0.2) is 6.04 Å². The summed E-state index contributed by atoms with van der Waals surface area (Å²) in [7, 11) is 0. The van der Waals surface area contributed by atoms with Crippen LogP contribution < -0.4 is 5.32 Å². The summed E-state index contributed by atoms with van der Waals surface area (Å²) in [6.45, 7) is 8.42. The normalized spacial score (nSPS) is 20.6. The third kappa shape index (κ3) is 3.87. The van der Waals surface area contributed by atoms with Crippen LogP contribution in [0, 0.1) is 5.92 Å². The Kier molecular flexibility index (Phi) is 5.63. The van der Waals surface area contributed by atoms with Gasteiger partial charge in [-0.05, 0) is 18.2 Å². The highest BCUT2D eigenvalue weighted by Gasteiger charge is 2.06. The Balaban J connectivity index is 0.000000461.